The number of halogens is 2. The first-order valence-corrected chi connectivity index (χ1v) is 11.6. The monoisotopic (exact) mass is 454 g/mol. The van der Waals surface area contributed by atoms with Gasteiger partial charge in [0.2, 0.25) is 10.0 Å². The molecular formula is C21H24ClFN2O4S. The molecule has 0 saturated carbocycles. The third kappa shape index (κ3) is 5.11. The van der Waals surface area contributed by atoms with Gasteiger partial charge in [0.15, 0.2) is 0 Å². The van der Waals surface area contributed by atoms with E-state index in [1.54, 1.807) is 12.1 Å². The summed E-state index contributed by atoms with van der Waals surface area (Å²) in [6, 6.07) is 8.11. The Morgan fingerprint density at radius 1 is 1.13 bits per heavy atom. The van der Waals surface area contributed by atoms with E-state index in [9.17, 15) is 17.6 Å². The molecule has 1 heterocycles. The van der Waals surface area contributed by atoms with Crippen molar-refractivity contribution in [3.63, 3.8) is 0 Å². The lowest BCUT2D eigenvalue weighted by Crippen LogP contribution is -2.36. The van der Waals surface area contributed by atoms with Gasteiger partial charge < -0.3 is 10.1 Å². The van der Waals surface area contributed by atoms with E-state index in [0.29, 0.717) is 29.5 Å². The molecule has 0 unspecified atom stereocenters. The molecule has 1 saturated heterocycles. The third-order valence-corrected chi connectivity index (χ3v) is 6.89. The van der Waals surface area contributed by atoms with E-state index in [-0.39, 0.29) is 11.7 Å². The van der Waals surface area contributed by atoms with Crippen molar-refractivity contribution in [2.75, 3.05) is 18.4 Å². The molecule has 0 atom stereocenters. The molecule has 9 heteroatoms. The van der Waals surface area contributed by atoms with Gasteiger partial charge in [-0.05, 0) is 63.1 Å². The van der Waals surface area contributed by atoms with Crippen LogP contribution in [0.15, 0.2) is 41.3 Å². The van der Waals surface area contributed by atoms with Gasteiger partial charge >= 0.3 is 0 Å². The van der Waals surface area contributed by atoms with Crippen LogP contribution in [-0.2, 0) is 10.0 Å². The maximum Gasteiger partial charge on any atom is 0.255 e. The Morgan fingerprint density at radius 3 is 2.47 bits per heavy atom. The van der Waals surface area contributed by atoms with E-state index in [1.807, 2.05) is 13.8 Å². The molecule has 1 aliphatic rings. The van der Waals surface area contributed by atoms with Gasteiger partial charge in [0, 0.05) is 24.3 Å². The Labute approximate surface area is 181 Å². The minimum absolute atomic E-state index is 0.0330. The zero-order valence-corrected chi connectivity index (χ0v) is 18.4. The number of ether oxygens (including phenoxy) is 1. The molecular weight excluding hydrogens is 431 g/mol. The number of nitrogens with one attached hydrogen (secondary N) is 1. The summed E-state index contributed by atoms with van der Waals surface area (Å²) in [5.41, 5.74) is 0.441. The summed E-state index contributed by atoms with van der Waals surface area (Å²) < 4.78 is 46.8. The average molecular weight is 455 g/mol. The molecule has 0 aromatic heterocycles. The molecule has 6 nitrogen and oxygen atoms in total. The van der Waals surface area contributed by atoms with E-state index < -0.39 is 26.6 Å². The van der Waals surface area contributed by atoms with Crippen LogP contribution in [0.2, 0.25) is 5.02 Å². The zero-order valence-electron chi connectivity index (χ0n) is 16.8. The highest BCUT2D eigenvalue weighted by Gasteiger charge is 2.29. The van der Waals surface area contributed by atoms with Gasteiger partial charge in [-0.1, -0.05) is 18.0 Å². The number of piperidine rings is 1. The molecule has 3 rings (SSSR count). The Balaban J connectivity index is 1.82. The fourth-order valence-electron chi connectivity index (χ4n) is 3.22. The molecule has 30 heavy (non-hydrogen) atoms. The van der Waals surface area contributed by atoms with E-state index in [2.05, 4.69) is 5.32 Å². The third-order valence-electron chi connectivity index (χ3n) is 4.68. The van der Waals surface area contributed by atoms with Crippen LogP contribution in [0.1, 0.15) is 43.5 Å². The number of nitrogens with zero attached hydrogens (tertiary/aromatic N) is 1. The smallest absolute Gasteiger partial charge is 0.255 e. The van der Waals surface area contributed by atoms with Crippen LogP contribution >= 0.6 is 11.6 Å². The predicted molar refractivity (Wildman–Crippen MR) is 114 cm³/mol. The van der Waals surface area contributed by atoms with Crippen molar-refractivity contribution in [1.82, 2.24) is 4.31 Å². The van der Waals surface area contributed by atoms with Gasteiger partial charge in [-0.25, -0.2) is 12.8 Å². The first kappa shape index (κ1) is 22.5. The minimum Gasteiger partial charge on any atom is -0.489 e. The van der Waals surface area contributed by atoms with Gasteiger partial charge in [0.25, 0.3) is 5.91 Å². The van der Waals surface area contributed by atoms with E-state index in [0.717, 1.165) is 31.4 Å². The minimum atomic E-state index is -4.00. The second-order valence-corrected chi connectivity index (χ2v) is 9.69. The van der Waals surface area contributed by atoms with Crippen molar-refractivity contribution >= 4 is 33.2 Å². The summed E-state index contributed by atoms with van der Waals surface area (Å²) in [5, 5.41) is 2.98. The topological polar surface area (TPSA) is 75.7 Å². The Bertz CT molecular complexity index is 1040. The molecule has 0 radical (unpaired) electrons. The molecule has 1 aliphatic heterocycles. The van der Waals surface area contributed by atoms with E-state index in [4.69, 9.17) is 16.3 Å². The van der Waals surface area contributed by atoms with Crippen LogP contribution in [0.4, 0.5) is 10.1 Å². The van der Waals surface area contributed by atoms with Gasteiger partial charge in [0.1, 0.15) is 16.5 Å². The average Bonchev–Trinajstić information content (AvgIpc) is 2.70. The van der Waals surface area contributed by atoms with Crippen molar-refractivity contribution in [3.8, 4) is 5.75 Å². The van der Waals surface area contributed by atoms with Gasteiger partial charge in [-0.15, -0.1) is 0 Å². The maximum atomic E-state index is 14.3. The molecule has 1 amide bonds. The van der Waals surface area contributed by atoms with Gasteiger partial charge in [-0.2, -0.15) is 4.31 Å². The fraction of sp³-hybridized carbons (Fsp3) is 0.381. The summed E-state index contributed by atoms with van der Waals surface area (Å²) in [6.07, 6.45) is 2.36. The van der Waals surface area contributed by atoms with Crippen LogP contribution < -0.4 is 10.1 Å². The number of hydrogen-bond acceptors (Lipinski definition) is 4. The quantitative estimate of drug-likeness (QED) is 0.686. The van der Waals surface area contributed by atoms with Crippen LogP contribution in [0.5, 0.6) is 5.75 Å². The molecule has 1 N–H and O–H groups in total. The van der Waals surface area contributed by atoms with Crippen LogP contribution in [0.25, 0.3) is 0 Å². The van der Waals surface area contributed by atoms with Crippen molar-refractivity contribution in [2.45, 2.75) is 44.1 Å². The van der Waals surface area contributed by atoms with Crippen molar-refractivity contribution in [3.05, 3.63) is 52.8 Å². The van der Waals surface area contributed by atoms with E-state index in [1.165, 1.54) is 16.4 Å². The maximum absolute atomic E-state index is 14.3. The number of amides is 1. The number of rotatable bonds is 6. The molecule has 162 valence electrons. The standard InChI is InChI=1S/C21H24ClFN2O4S/c1-14(2)29-19-9-7-16(13-17(19)22)24-21(26)15-6-8-18(23)20(12-15)30(27,28)25-10-4-3-5-11-25/h6-9,12-14H,3-5,10-11H2,1-2H3,(H,24,26). The summed E-state index contributed by atoms with van der Waals surface area (Å²) in [5.74, 6) is -0.963. The molecule has 0 aliphatic carbocycles. The highest BCUT2D eigenvalue weighted by molar-refractivity contribution is 7.89. The molecule has 0 bridgehead atoms. The second-order valence-electron chi connectivity index (χ2n) is 7.38. The number of hydrogen-bond donors (Lipinski definition) is 1. The molecule has 2 aromatic carbocycles. The van der Waals surface area contributed by atoms with Crippen molar-refractivity contribution in [2.24, 2.45) is 0 Å². The normalized spacial score (nSPS) is 15.2. The summed E-state index contributed by atoms with van der Waals surface area (Å²) >= 11 is 6.18. The predicted octanol–water partition coefficient (Wildman–Crippen LogP) is 4.69. The Hall–Kier alpha value is -2.16. The fourth-order valence-corrected chi connectivity index (χ4v) is 5.05. The van der Waals surface area contributed by atoms with Gasteiger partial charge in [0.05, 0.1) is 11.1 Å². The van der Waals surface area contributed by atoms with Crippen LogP contribution in [0.3, 0.4) is 0 Å². The molecule has 2 aromatic rings. The summed E-state index contributed by atoms with van der Waals surface area (Å²) in [6.45, 7) is 4.44. The molecule has 1 fully saturated rings. The zero-order chi connectivity index (χ0) is 21.9. The number of anilines is 1. The van der Waals surface area contributed by atoms with Crippen molar-refractivity contribution < 1.29 is 22.3 Å². The highest BCUT2D eigenvalue weighted by atomic mass is 35.5. The number of benzene rings is 2. The lowest BCUT2D eigenvalue weighted by Gasteiger charge is -2.26. The highest BCUT2D eigenvalue weighted by Crippen LogP contribution is 2.29. The number of carbonyl (C=O) groups is 1. The van der Waals surface area contributed by atoms with Crippen LogP contribution in [0, 0.1) is 5.82 Å². The SMILES string of the molecule is CC(C)Oc1ccc(NC(=O)c2ccc(F)c(S(=O)(=O)N3CCCCC3)c2)cc1Cl. The lowest BCUT2D eigenvalue weighted by atomic mass is 10.2. The second kappa shape index (κ2) is 9.32. The number of carbonyl (C=O) groups excluding carboxylic acids is 1. The largest absolute Gasteiger partial charge is 0.489 e. The number of sulfonamides is 1. The summed E-state index contributed by atoms with van der Waals surface area (Å²) in [4.78, 5) is 12.1. The first-order chi connectivity index (χ1) is 14.2. The molecule has 0 spiro atoms. The Morgan fingerprint density at radius 2 is 1.83 bits per heavy atom. The van der Waals surface area contributed by atoms with E-state index >= 15 is 0 Å². The van der Waals surface area contributed by atoms with Crippen molar-refractivity contribution in [1.29, 1.82) is 0 Å². The van der Waals surface area contributed by atoms with Crippen LogP contribution in [-0.4, -0.2) is 37.8 Å². The Kier molecular flexibility index (Phi) is 7.00. The first-order valence-electron chi connectivity index (χ1n) is 9.76. The van der Waals surface area contributed by atoms with Gasteiger partial charge in [-0.3, -0.25) is 4.79 Å². The summed E-state index contributed by atoms with van der Waals surface area (Å²) in [7, 11) is -4.00. The lowest BCUT2D eigenvalue weighted by molar-refractivity contribution is 0.102.